The second kappa shape index (κ2) is 8.77. The van der Waals surface area contributed by atoms with E-state index in [0.717, 1.165) is 4.90 Å². The summed E-state index contributed by atoms with van der Waals surface area (Å²) in [5.41, 5.74) is 0. The van der Waals surface area contributed by atoms with E-state index in [1.54, 1.807) is 13.8 Å². The number of carbonyl (C=O) groups excluding carboxylic acids is 2. The number of carboxylic acid groups (broad SMARTS) is 2. The molecule has 0 aromatic carbocycles. The highest BCUT2D eigenvalue weighted by Gasteiger charge is 2.23. The number of nitrogens with zero attached hydrogens (tertiary/aromatic N) is 1. The molecule has 0 aliphatic carbocycles. The molecule has 9 heteroatoms. The van der Waals surface area contributed by atoms with Crippen LogP contribution in [0.1, 0.15) is 26.7 Å². The summed E-state index contributed by atoms with van der Waals surface area (Å²) in [6.07, 6.45) is -0.614. The lowest BCUT2D eigenvalue weighted by atomic mass is 10.1. The van der Waals surface area contributed by atoms with E-state index in [1.807, 2.05) is 0 Å². The maximum atomic E-state index is 11.7. The molecule has 0 saturated carbocycles. The first kappa shape index (κ1) is 18.7. The Labute approximate surface area is 122 Å². The fourth-order valence-electron chi connectivity index (χ4n) is 1.44. The van der Waals surface area contributed by atoms with Gasteiger partial charge in [0.1, 0.15) is 12.6 Å². The van der Waals surface area contributed by atoms with E-state index in [1.165, 1.54) is 7.05 Å². The molecule has 0 bridgehead atoms. The molecule has 1 unspecified atom stereocenters. The molecule has 0 aliphatic heterocycles. The molecular formula is C12H21N3O6. The molecule has 9 nitrogen and oxygen atoms in total. The molecule has 21 heavy (non-hydrogen) atoms. The highest BCUT2D eigenvalue weighted by atomic mass is 16.4. The molecule has 0 spiro atoms. The van der Waals surface area contributed by atoms with Crippen LogP contribution in [0.15, 0.2) is 0 Å². The fraction of sp³-hybridized carbons (Fsp3) is 0.667. The minimum atomic E-state index is -1.33. The average molecular weight is 303 g/mol. The van der Waals surface area contributed by atoms with Gasteiger partial charge in [-0.25, -0.2) is 9.59 Å². The number of hydrogen-bond acceptors (Lipinski definition) is 4. The van der Waals surface area contributed by atoms with Crippen molar-refractivity contribution >= 4 is 23.9 Å². The van der Waals surface area contributed by atoms with Gasteiger partial charge in [0, 0.05) is 19.5 Å². The van der Waals surface area contributed by atoms with Gasteiger partial charge >= 0.3 is 18.0 Å². The summed E-state index contributed by atoms with van der Waals surface area (Å²) < 4.78 is 0. The predicted molar refractivity (Wildman–Crippen MR) is 72.7 cm³/mol. The summed E-state index contributed by atoms with van der Waals surface area (Å²) in [5.74, 6) is -2.86. The van der Waals surface area contributed by atoms with Crippen molar-refractivity contribution in [1.29, 1.82) is 0 Å². The van der Waals surface area contributed by atoms with Crippen LogP contribution in [0.25, 0.3) is 0 Å². The third kappa shape index (κ3) is 8.45. The van der Waals surface area contributed by atoms with E-state index < -0.39 is 24.0 Å². The SMILES string of the molecule is CC(C)NC(=O)CN(C)C(=O)NC(CCC(=O)O)C(=O)O. The summed E-state index contributed by atoms with van der Waals surface area (Å²) in [5, 5.41) is 22.2. The highest BCUT2D eigenvalue weighted by molar-refractivity contribution is 5.86. The predicted octanol–water partition coefficient (Wildman–Crippen LogP) is -0.530. The van der Waals surface area contributed by atoms with Crippen LogP contribution in [0.3, 0.4) is 0 Å². The Morgan fingerprint density at radius 1 is 1.10 bits per heavy atom. The summed E-state index contributed by atoms with van der Waals surface area (Å²) >= 11 is 0. The van der Waals surface area contributed by atoms with E-state index in [2.05, 4.69) is 10.6 Å². The van der Waals surface area contributed by atoms with Crippen LogP contribution in [0.4, 0.5) is 4.79 Å². The number of rotatable bonds is 8. The van der Waals surface area contributed by atoms with Gasteiger partial charge in [-0.2, -0.15) is 0 Å². The molecule has 0 aromatic heterocycles. The average Bonchev–Trinajstić information content (AvgIpc) is 2.31. The molecule has 0 radical (unpaired) electrons. The van der Waals surface area contributed by atoms with Crippen LogP contribution in [-0.2, 0) is 14.4 Å². The topological polar surface area (TPSA) is 136 Å². The van der Waals surface area contributed by atoms with Gasteiger partial charge in [-0.1, -0.05) is 0 Å². The van der Waals surface area contributed by atoms with Gasteiger partial charge in [0.25, 0.3) is 0 Å². The largest absolute Gasteiger partial charge is 0.481 e. The zero-order valence-corrected chi connectivity index (χ0v) is 12.3. The zero-order chi connectivity index (χ0) is 16.6. The number of aliphatic carboxylic acids is 2. The number of nitrogens with one attached hydrogen (secondary N) is 2. The van der Waals surface area contributed by atoms with E-state index >= 15 is 0 Å². The molecule has 4 N–H and O–H groups in total. The first-order chi connectivity index (χ1) is 9.63. The van der Waals surface area contributed by atoms with E-state index in [4.69, 9.17) is 10.2 Å². The fourth-order valence-corrected chi connectivity index (χ4v) is 1.44. The van der Waals surface area contributed by atoms with Crippen molar-refractivity contribution in [2.24, 2.45) is 0 Å². The Morgan fingerprint density at radius 2 is 1.67 bits per heavy atom. The number of amides is 3. The Hall–Kier alpha value is -2.32. The van der Waals surface area contributed by atoms with Gasteiger partial charge in [-0.05, 0) is 20.3 Å². The first-order valence-corrected chi connectivity index (χ1v) is 6.39. The minimum Gasteiger partial charge on any atom is -0.481 e. The molecule has 120 valence electrons. The molecule has 0 fully saturated rings. The molecular weight excluding hydrogens is 282 g/mol. The number of urea groups is 1. The van der Waals surface area contributed by atoms with Crippen molar-refractivity contribution in [2.45, 2.75) is 38.8 Å². The van der Waals surface area contributed by atoms with Crippen molar-refractivity contribution in [2.75, 3.05) is 13.6 Å². The molecule has 0 aliphatic rings. The van der Waals surface area contributed by atoms with Crippen LogP contribution >= 0.6 is 0 Å². The lowest BCUT2D eigenvalue weighted by molar-refractivity contribution is -0.140. The summed E-state index contributed by atoms with van der Waals surface area (Å²) in [4.78, 5) is 45.6. The van der Waals surface area contributed by atoms with Gasteiger partial charge in [-0.3, -0.25) is 9.59 Å². The van der Waals surface area contributed by atoms with Crippen LogP contribution in [0, 0.1) is 0 Å². The number of carboxylic acids is 2. The Bertz CT molecular complexity index is 410. The molecule has 1 atom stereocenters. The van der Waals surface area contributed by atoms with Crippen LogP contribution in [0.2, 0.25) is 0 Å². The maximum absolute atomic E-state index is 11.7. The van der Waals surface area contributed by atoms with E-state index in [9.17, 15) is 19.2 Å². The molecule has 0 rings (SSSR count). The first-order valence-electron chi connectivity index (χ1n) is 6.39. The summed E-state index contributed by atoms with van der Waals surface area (Å²) in [6.45, 7) is 3.31. The Morgan fingerprint density at radius 3 is 2.10 bits per heavy atom. The second-order valence-corrected chi connectivity index (χ2v) is 4.85. The molecule has 0 saturated heterocycles. The molecule has 0 heterocycles. The van der Waals surface area contributed by atoms with Crippen molar-refractivity contribution in [3.8, 4) is 0 Å². The number of likely N-dealkylation sites (N-methyl/N-ethyl adjacent to an activating group) is 1. The van der Waals surface area contributed by atoms with Gasteiger partial charge < -0.3 is 25.7 Å². The minimum absolute atomic E-state index is 0.0729. The second-order valence-electron chi connectivity index (χ2n) is 4.85. The van der Waals surface area contributed by atoms with Gasteiger partial charge in [0.2, 0.25) is 5.91 Å². The van der Waals surface area contributed by atoms with E-state index in [0.29, 0.717) is 0 Å². The van der Waals surface area contributed by atoms with Crippen molar-refractivity contribution < 1.29 is 29.4 Å². The monoisotopic (exact) mass is 303 g/mol. The molecule has 0 aromatic rings. The third-order valence-electron chi connectivity index (χ3n) is 2.42. The van der Waals surface area contributed by atoms with Gasteiger partial charge in [0.15, 0.2) is 0 Å². The number of carbonyl (C=O) groups is 4. The van der Waals surface area contributed by atoms with E-state index in [-0.39, 0.29) is 31.3 Å². The maximum Gasteiger partial charge on any atom is 0.326 e. The smallest absolute Gasteiger partial charge is 0.326 e. The lowest BCUT2D eigenvalue weighted by Gasteiger charge is -2.21. The van der Waals surface area contributed by atoms with Crippen LogP contribution in [0.5, 0.6) is 0 Å². The van der Waals surface area contributed by atoms with Crippen molar-refractivity contribution in [1.82, 2.24) is 15.5 Å². The Kier molecular flexibility index (Phi) is 7.80. The van der Waals surface area contributed by atoms with Crippen molar-refractivity contribution in [3.05, 3.63) is 0 Å². The van der Waals surface area contributed by atoms with Crippen LogP contribution in [-0.4, -0.2) is 64.7 Å². The zero-order valence-electron chi connectivity index (χ0n) is 12.3. The summed E-state index contributed by atoms with van der Waals surface area (Å²) in [7, 11) is 1.34. The third-order valence-corrected chi connectivity index (χ3v) is 2.42. The van der Waals surface area contributed by atoms with Gasteiger partial charge in [-0.15, -0.1) is 0 Å². The molecule has 3 amide bonds. The lowest BCUT2D eigenvalue weighted by Crippen LogP contribution is -2.49. The number of hydrogen-bond donors (Lipinski definition) is 4. The van der Waals surface area contributed by atoms with Crippen LogP contribution < -0.4 is 10.6 Å². The van der Waals surface area contributed by atoms with Crippen molar-refractivity contribution in [3.63, 3.8) is 0 Å². The highest BCUT2D eigenvalue weighted by Crippen LogP contribution is 1.99. The quantitative estimate of drug-likeness (QED) is 0.476. The standard InChI is InChI=1S/C12H21N3O6/c1-7(2)13-9(16)6-15(3)12(21)14-8(11(19)20)4-5-10(17)18/h7-8H,4-6H2,1-3H3,(H,13,16)(H,14,21)(H,17,18)(H,19,20). The Balaban J connectivity index is 4.43. The van der Waals surface area contributed by atoms with Gasteiger partial charge in [0.05, 0.1) is 0 Å². The summed E-state index contributed by atoms with van der Waals surface area (Å²) in [6, 6.07) is -2.15. The normalized spacial score (nSPS) is 11.6.